The normalized spacial score (nSPS) is 22.5. The van der Waals surface area contributed by atoms with E-state index in [0.717, 1.165) is 21.6 Å². The van der Waals surface area contributed by atoms with Crippen molar-refractivity contribution in [3.63, 3.8) is 0 Å². The van der Waals surface area contributed by atoms with Gasteiger partial charge in [0.25, 0.3) is 13.8 Å². The monoisotopic (exact) mass is 574 g/mol. The summed E-state index contributed by atoms with van der Waals surface area (Å²) in [6, 6.07) is 15.1. The lowest BCUT2D eigenvalue weighted by Crippen LogP contribution is -2.53. The second kappa shape index (κ2) is 9.01. The number of anilines is 4. The number of benzene rings is 2. The van der Waals surface area contributed by atoms with Crippen molar-refractivity contribution < 1.29 is 0 Å². The van der Waals surface area contributed by atoms with Gasteiger partial charge >= 0.3 is 0 Å². The Hall–Kier alpha value is -0.960. The van der Waals surface area contributed by atoms with Crippen LogP contribution in [-0.2, 0) is 24.5 Å². The molecule has 6 nitrogen and oxygen atoms in total. The van der Waals surface area contributed by atoms with Crippen molar-refractivity contribution in [1.82, 2.24) is 9.97 Å². The van der Waals surface area contributed by atoms with Crippen molar-refractivity contribution in [2.24, 2.45) is 0 Å². The molecule has 0 unspecified atom stereocenters. The second-order valence-corrected chi connectivity index (χ2v) is 17.1. The smallest absolute Gasteiger partial charge is 0.254 e. The van der Waals surface area contributed by atoms with Gasteiger partial charge in [0.2, 0.25) is 10.3 Å². The summed E-state index contributed by atoms with van der Waals surface area (Å²) in [7, 11) is 0. The fraction of sp³-hybridized carbons (Fsp3) is 0. The Balaban J connectivity index is 1.66. The number of hydrogen-bond acceptors (Lipinski definition) is 10. The lowest BCUT2D eigenvalue weighted by molar-refractivity contribution is 1.34. The molecular formula is C18H14Cl2N6P2S4. The molecule has 0 spiro atoms. The standard InChI is InChI=1S/C18H14Cl2N6P2S4/c19-13-1-5-15(6-2-13)25-27(29,23-17-21-9-11-31-17)26(16-7-3-14(20)4-8-16)28(25,30)24-18-22-10-12-32-18/h1-12H,(H,21,23,29)(H,22,24,30). The van der Waals surface area contributed by atoms with E-state index in [1.165, 1.54) is 22.7 Å². The number of nitrogens with zero attached hydrogens (tertiary/aromatic N) is 4. The zero-order valence-corrected chi connectivity index (χ0v) is 22.6. The molecule has 4 aromatic rings. The summed E-state index contributed by atoms with van der Waals surface area (Å²) < 4.78 is 4.25. The van der Waals surface area contributed by atoms with Gasteiger partial charge in [-0.2, -0.15) is 0 Å². The number of rotatable bonds is 6. The van der Waals surface area contributed by atoms with Gasteiger partial charge in [0.1, 0.15) is 11.4 Å². The van der Waals surface area contributed by atoms with E-state index in [1.807, 2.05) is 59.3 Å². The number of halogens is 2. The first-order valence-electron chi connectivity index (χ1n) is 9.09. The summed E-state index contributed by atoms with van der Waals surface area (Å²) in [5, 5.41) is 13.6. The van der Waals surface area contributed by atoms with E-state index in [9.17, 15) is 0 Å². The lowest BCUT2D eigenvalue weighted by Gasteiger charge is -2.63. The van der Waals surface area contributed by atoms with Gasteiger partial charge in [0.05, 0.1) is 0 Å². The number of hydrogen-bond donors (Lipinski definition) is 2. The van der Waals surface area contributed by atoms with Crippen LogP contribution in [0.2, 0.25) is 10.0 Å². The minimum atomic E-state index is -2.64. The van der Waals surface area contributed by atoms with Gasteiger partial charge in [-0.25, -0.2) is 20.1 Å². The maximum atomic E-state index is 6.35. The van der Waals surface area contributed by atoms with Crippen LogP contribution in [0.5, 0.6) is 0 Å². The minimum Gasteiger partial charge on any atom is -0.474 e. The molecule has 164 valence electrons. The summed E-state index contributed by atoms with van der Waals surface area (Å²) in [6.45, 7) is -5.29. The largest absolute Gasteiger partial charge is 0.474 e. The Morgan fingerprint density at radius 1 is 0.688 bits per heavy atom. The summed E-state index contributed by atoms with van der Waals surface area (Å²) in [4.78, 5) is 8.82. The van der Waals surface area contributed by atoms with Crippen LogP contribution in [0.4, 0.5) is 21.6 Å². The van der Waals surface area contributed by atoms with Gasteiger partial charge in [0, 0.05) is 33.2 Å². The second-order valence-electron chi connectivity index (χ2n) is 6.52. The van der Waals surface area contributed by atoms with Gasteiger partial charge < -0.3 is 24.5 Å². The molecule has 1 aliphatic heterocycles. The zero-order valence-electron chi connectivity index (χ0n) is 16.0. The summed E-state index contributed by atoms with van der Waals surface area (Å²) >= 11 is 28.0. The molecule has 32 heavy (non-hydrogen) atoms. The topological polar surface area (TPSA) is 56.3 Å². The molecule has 3 heterocycles. The molecule has 2 aromatic heterocycles. The van der Waals surface area contributed by atoms with E-state index in [-0.39, 0.29) is 0 Å². The highest BCUT2D eigenvalue weighted by Gasteiger charge is 2.72. The first-order chi connectivity index (χ1) is 15.4. The van der Waals surface area contributed by atoms with Crippen LogP contribution >= 0.6 is 59.7 Å². The van der Waals surface area contributed by atoms with E-state index in [4.69, 9.17) is 47.7 Å². The molecule has 0 radical (unpaired) electrons. The van der Waals surface area contributed by atoms with Crippen molar-refractivity contribution in [2.45, 2.75) is 0 Å². The first-order valence-corrected chi connectivity index (χ1v) is 17.0. The zero-order chi connectivity index (χ0) is 22.3. The molecule has 1 saturated heterocycles. The summed E-state index contributed by atoms with van der Waals surface area (Å²) in [5.41, 5.74) is 1.78. The Kier molecular flexibility index (Phi) is 6.42. The molecule has 0 atom stereocenters. The third-order valence-electron chi connectivity index (χ3n) is 4.49. The van der Waals surface area contributed by atoms with Crippen LogP contribution in [0, 0.1) is 0 Å². The lowest BCUT2D eigenvalue weighted by atomic mass is 10.3. The summed E-state index contributed by atoms with van der Waals surface area (Å²) in [5.74, 6) is 0. The van der Waals surface area contributed by atoms with Crippen molar-refractivity contribution in [1.29, 1.82) is 0 Å². The summed E-state index contributed by atoms with van der Waals surface area (Å²) in [6.07, 6.45) is 3.49. The fourth-order valence-electron chi connectivity index (χ4n) is 3.23. The van der Waals surface area contributed by atoms with Crippen molar-refractivity contribution in [3.05, 3.63) is 81.7 Å². The van der Waals surface area contributed by atoms with E-state index in [2.05, 4.69) is 29.0 Å². The molecule has 2 aromatic carbocycles. The molecule has 0 saturated carbocycles. The molecule has 0 amide bonds. The van der Waals surface area contributed by atoms with Crippen molar-refractivity contribution in [2.75, 3.05) is 19.1 Å². The molecular weight excluding hydrogens is 561 g/mol. The Morgan fingerprint density at radius 2 is 1.06 bits per heavy atom. The van der Waals surface area contributed by atoms with Crippen LogP contribution in [0.1, 0.15) is 0 Å². The van der Waals surface area contributed by atoms with Crippen molar-refractivity contribution in [3.8, 4) is 0 Å². The van der Waals surface area contributed by atoms with E-state index in [0.29, 0.717) is 10.0 Å². The Morgan fingerprint density at radius 3 is 1.38 bits per heavy atom. The van der Waals surface area contributed by atoms with Crippen LogP contribution in [0.15, 0.2) is 71.7 Å². The Bertz CT molecular complexity index is 1090. The van der Waals surface area contributed by atoms with Crippen LogP contribution in [-0.4, -0.2) is 9.97 Å². The third-order valence-corrected chi connectivity index (χ3v) is 17.7. The number of nitrogens with one attached hydrogen (secondary N) is 2. The van der Waals surface area contributed by atoms with Gasteiger partial charge in [-0.1, -0.05) is 32.1 Å². The Labute approximate surface area is 215 Å². The average molecular weight is 575 g/mol. The quantitative estimate of drug-likeness (QED) is 0.178. The third kappa shape index (κ3) is 4.05. The SMILES string of the molecule is [S-][P+]1(Nc2nccs2)N(c2ccc(Cl)cc2)[P+]([S-])(Nc2nccs2)N1c1ccc(Cl)cc1. The average Bonchev–Trinajstić information content (AvgIpc) is 3.45. The molecule has 1 fully saturated rings. The highest BCUT2D eigenvalue weighted by atomic mass is 35.5. The van der Waals surface area contributed by atoms with E-state index in [1.54, 1.807) is 12.4 Å². The predicted octanol–water partition coefficient (Wildman–Crippen LogP) is 7.91. The van der Waals surface area contributed by atoms with Gasteiger partial charge in [-0.3, -0.25) is 0 Å². The minimum absolute atomic E-state index is 0.645. The molecule has 1 aliphatic rings. The first kappa shape index (κ1) is 22.8. The number of aromatic nitrogens is 2. The highest BCUT2D eigenvalue weighted by Crippen LogP contribution is 2.95. The van der Waals surface area contributed by atoms with Gasteiger partial charge in [-0.05, 0) is 48.5 Å². The van der Waals surface area contributed by atoms with Gasteiger partial charge in [-0.15, -0.1) is 22.7 Å². The van der Waals surface area contributed by atoms with Crippen LogP contribution < -0.4 is 19.1 Å². The highest BCUT2D eigenvalue weighted by molar-refractivity contribution is 8.62. The molecule has 5 rings (SSSR count). The number of thiazole rings is 2. The van der Waals surface area contributed by atoms with E-state index >= 15 is 0 Å². The fourth-order valence-corrected chi connectivity index (χ4v) is 18.8. The molecule has 0 bridgehead atoms. The predicted molar refractivity (Wildman–Crippen MR) is 148 cm³/mol. The van der Waals surface area contributed by atoms with Gasteiger partial charge in [0.15, 0.2) is 0 Å². The van der Waals surface area contributed by atoms with E-state index < -0.39 is 13.8 Å². The molecule has 2 N–H and O–H groups in total. The van der Waals surface area contributed by atoms with Crippen molar-refractivity contribution >= 4 is 106 Å². The maximum Gasteiger partial charge on any atom is 0.254 e. The maximum absolute atomic E-state index is 6.35. The molecule has 0 aliphatic carbocycles. The van der Waals surface area contributed by atoms with Crippen LogP contribution in [0.3, 0.4) is 0 Å². The van der Waals surface area contributed by atoms with Crippen LogP contribution in [0.25, 0.3) is 0 Å². The molecule has 14 heteroatoms.